The molecule has 6 heteroatoms. The Hall–Kier alpha value is -0.810. The van der Waals surface area contributed by atoms with Crippen molar-refractivity contribution in [3.63, 3.8) is 0 Å². The number of carbonyl (C=O) groups is 1. The van der Waals surface area contributed by atoms with Crippen LogP contribution in [0.5, 0.6) is 0 Å². The van der Waals surface area contributed by atoms with Gasteiger partial charge in [-0.3, -0.25) is 4.79 Å². The number of ether oxygens (including phenoxy) is 1. The highest BCUT2D eigenvalue weighted by atomic mass is 35.5. The summed E-state index contributed by atoms with van der Waals surface area (Å²) in [5.41, 5.74) is 6.65. The minimum atomic E-state index is -0.348. The van der Waals surface area contributed by atoms with Gasteiger partial charge in [0, 0.05) is 17.6 Å². The molecule has 3 atom stereocenters. The third-order valence-electron chi connectivity index (χ3n) is 4.61. The molecular weight excluding hydrogens is 335 g/mol. The molecule has 2 aliphatic rings. The fraction of sp³-hybridized carbons (Fsp3) is 0.588. The summed E-state index contributed by atoms with van der Waals surface area (Å²) in [5, 5.41) is 0.709. The molecule has 2 fully saturated rings. The van der Waals surface area contributed by atoms with E-state index in [1.807, 2.05) is 36.1 Å². The third-order valence-corrected chi connectivity index (χ3v) is 4.96. The van der Waals surface area contributed by atoms with Crippen LogP contribution in [0.3, 0.4) is 0 Å². The zero-order valence-corrected chi connectivity index (χ0v) is 14.9. The standard InChI is InChI=1S/C17H23ClN2O2.ClH/c1-11(14-4-2-3-5-15(14)18)20(12-6-7-12)17(21)16-9-8-13(10-19)22-16;/h2-5,11-13,16H,6-10,19H2,1H3;1H/t11?,13-,16+;/m1./s1. The highest BCUT2D eigenvalue weighted by Gasteiger charge is 2.41. The fourth-order valence-electron chi connectivity index (χ4n) is 3.23. The molecule has 1 saturated heterocycles. The van der Waals surface area contributed by atoms with Crippen molar-refractivity contribution in [1.82, 2.24) is 4.90 Å². The van der Waals surface area contributed by atoms with Gasteiger partial charge in [0.05, 0.1) is 12.1 Å². The van der Waals surface area contributed by atoms with Crippen molar-refractivity contribution in [2.45, 2.75) is 56.9 Å². The van der Waals surface area contributed by atoms with Crippen LogP contribution in [0.15, 0.2) is 24.3 Å². The lowest BCUT2D eigenvalue weighted by atomic mass is 10.0. The van der Waals surface area contributed by atoms with Crippen molar-refractivity contribution in [2.24, 2.45) is 5.73 Å². The Bertz CT molecular complexity index is 551. The molecule has 1 aromatic rings. The van der Waals surface area contributed by atoms with Crippen LogP contribution in [0.25, 0.3) is 0 Å². The number of hydrogen-bond acceptors (Lipinski definition) is 3. The van der Waals surface area contributed by atoms with Crippen molar-refractivity contribution >= 4 is 29.9 Å². The van der Waals surface area contributed by atoms with E-state index < -0.39 is 0 Å². The molecule has 0 aromatic heterocycles. The van der Waals surface area contributed by atoms with Crippen LogP contribution in [-0.2, 0) is 9.53 Å². The minimum absolute atomic E-state index is 0. The number of rotatable bonds is 5. The van der Waals surface area contributed by atoms with Gasteiger partial charge in [0.15, 0.2) is 0 Å². The summed E-state index contributed by atoms with van der Waals surface area (Å²) in [6.07, 6.45) is 3.43. The van der Waals surface area contributed by atoms with Crippen LogP contribution in [0, 0.1) is 0 Å². The van der Waals surface area contributed by atoms with Crippen LogP contribution in [0.4, 0.5) is 0 Å². The number of nitrogens with two attached hydrogens (primary N) is 1. The SMILES string of the molecule is CC(c1ccccc1Cl)N(C(=O)[C@@H]1CC[C@H](CN)O1)C1CC1.Cl. The second kappa shape index (κ2) is 7.84. The maximum Gasteiger partial charge on any atom is 0.252 e. The Morgan fingerprint density at radius 2 is 2.04 bits per heavy atom. The molecule has 1 aromatic carbocycles. The molecule has 1 aliphatic carbocycles. The van der Waals surface area contributed by atoms with Gasteiger partial charge in [-0.1, -0.05) is 29.8 Å². The van der Waals surface area contributed by atoms with Gasteiger partial charge in [-0.25, -0.2) is 0 Å². The van der Waals surface area contributed by atoms with Gasteiger partial charge >= 0.3 is 0 Å². The molecule has 0 radical (unpaired) electrons. The van der Waals surface area contributed by atoms with Crippen LogP contribution in [-0.4, -0.2) is 35.6 Å². The zero-order chi connectivity index (χ0) is 15.7. The molecule has 23 heavy (non-hydrogen) atoms. The maximum absolute atomic E-state index is 12.9. The quantitative estimate of drug-likeness (QED) is 0.878. The first-order valence-electron chi connectivity index (χ1n) is 8.04. The largest absolute Gasteiger partial charge is 0.364 e. The van der Waals surface area contributed by atoms with Crippen molar-refractivity contribution in [3.8, 4) is 0 Å². The Morgan fingerprint density at radius 1 is 1.35 bits per heavy atom. The van der Waals surface area contributed by atoms with Crippen molar-refractivity contribution in [2.75, 3.05) is 6.54 Å². The Balaban J connectivity index is 0.00000192. The summed E-state index contributed by atoms with van der Waals surface area (Å²) in [7, 11) is 0. The zero-order valence-electron chi connectivity index (χ0n) is 13.3. The first-order chi connectivity index (χ1) is 10.6. The first kappa shape index (κ1) is 18.5. The third kappa shape index (κ3) is 4.00. The lowest BCUT2D eigenvalue weighted by Gasteiger charge is -2.32. The van der Waals surface area contributed by atoms with Crippen LogP contribution < -0.4 is 5.73 Å². The molecule has 1 saturated carbocycles. The lowest BCUT2D eigenvalue weighted by molar-refractivity contribution is -0.145. The molecule has 1 unspecified atom stereocenters. The smallest absolute Gasteiger partial charge is 0.252 e. The van der Waals surface area contributed by atoms with E-state index in [-0.39, 0.29) is 36.6 Å². The molecule has 128 valence electrons. The fourth-order valence-corrected chi connectivity index (χ4v) is 3.52. The second-order valence-corrected chi connectivity index (χ2v) is 6.64. The van der Waals surface area contributed by atoms with E-state index in [0.29, 0.717) is 17.6 Å². The summed E-state index contributed by atoms with van der Waals surface area (Å²) in [6.45, 7) is 2.53. The topological polar surface area (TPSA) is 55.6 Å². The number of hydrogen-bond donors (Lipinski definition) is 1. The molecule has 2 N–H and O–H groups in total. The van der Waals surface area contributed by atoms with Crippen LogP contribution >= 0.6 is 24.0 Å². The monoisotopic (exact) mass is 358 g/mol. The van der Waals surface area contributed by atoms with E-state index >= 15 is 0 Å². The average molecular weight is 359 g/mol. The predicted molar refractivity (Wildman–Crippen MR) is 93.9 cm³/mol. The highest BCUT2D eigenvalue weighted by molar-refractivity contribution is 6.31. The summed E-state index contributed by atoms with van der Waals surface area (Å²) in [5.74, 6) is 0.0888. The second-order valence-electron chi connectivity index (χ2n) is 6.23. The number of nitrogens with zero attached hydrogens (tertiary/aromatic N) is 1. The van der Waals surface area contributed by atoms with Gasteiger partial charge in [0.25, 0.3) is 5.91 Å². The van der Waals surface area contributed by atoms with Gasteiger partial charge < -0.3 is 15.4 Å². The molecule has 1 aliphatic heterocycles. The van der Waals surface area contributed by atoms with Gasteiger partial charge in [0.1, 0.15) is 6.10 Å². The number of halogens is 2. The van der Waals surface area contributed by atoms with E-state index in [1.165, 1.54) is 0 Å². The van der Waals surface area contributed by atoms with Crippen LogP contribution in [0.1, 0.15) is 44.2 Å². The van der Waals surface area contributed by atoms with E-state index in [2.05, 4.69) is 0 Å². The Morgan fingerprint density at radius 3 is 2.61 bits per heavy atom. The predicted octanol–water partition coefficient (Wildman–Crippen LogP) is 3.32. The van der Waals surface area contributed by atoms with Gasteiger partial charge in [0.2, 0.25) is 0 Å². The van der Waals surface area contributed by atoms with Gasteiger partial charge in [-0.2, -0.15) is 0 Å². The minimum Gasteiger partial charge on any atom is -0.364 e. The molecule has 1 amide bonds. The molecular formula is C17H24Cl2N2O2. The highest BCUT2D eigenvalue weighted by Crippen LogP contribution is 2.38. The summed E-state index contributed by atoms with van der Waals surface area (Å²) >= 11 is 6.31. The normalized spacial score (nSPS) is 24.8. The first-order valence-corrected chi connectivity index (χ1v) is 8.41. The number of amides is 1. The van der Waals surface area contributed by atoms with Crippen molar-refractivity contribution in [3.05, 3.63) is 34.9 Å². The van der Waals surface area contributed by atoms with E-state index in [0.717, 1.165) is 31.2 Å². The van der Waals surface area contributed by atoms with Crippen molar-refractivity contribution in [1.29, 1.82) is 0 Å². The van der Waals surface area contributed by atoms with E-state index in [1.54, 1.807) is 0 Å². The molecule has 4 nitrogen and oxygen atoms in total. The van der Waals surface area contributed by atoms with E-state index in [4.69, 9.17) is 22.1 Å². The van der Waals surface area contributed by atoms with Gasteiger partial charge in [-0.05, 0) is 44.2 Å². The van der Waals surface area contributed by atoms with Crippen molar-refractivity contribution < 1.29 is 9.53 Å². The van der Waals surface area contributed by atoms with Gasteiger partial charge in [-0.15, -0.1) is 12.4 Å². The average Bonchev–Trinajstić information content (AvgIpc) is 3.23. The Kier molecular flexibility index (Phi) is 6.32. The Labute approximate surface area is 148 Å². The van der Waals surface area contributed by atoms with Crippen LogP contribution in [0.2, 0.25) is 5.02 Å². The summed E-state index contributed by atoms with van der Waals surface area (Å²) < 4.78 is 5.80. The summed E-state index contributed by atoms with van der Waals surface area (Å²) in [4.78, 5) is 14.9. The maximum atomic E-state index is 12.9. The van der Waals surface area contributed by atoms with E-state index in [9.17, 15) is 4.79 Å². The summed E-state index contributed by atoms with van der Waals surface area (Å²) in [6, 6.07) is 8.03. The number of benzene rings is 1. The molecule has 3 rings (SSSR count). The number of carbonyl (C=O) groups excluding carboxylic acids is 1. The molecule has 1 heterocycles. The molecule has 0 spiro atoms. The molecule has 0 bridgehead atoms. The lowest BCUT2D eigenvalue weighted by Crippen LogP contribution is -2.42.